The fourth-order valence-corrected chi connectivity index (χ4v) is 3.03. The van der Waals surface area contributed by atoms with Gasteiger partial charge in [-0.2, -0.15) is 0 Å². The Kier molecular flexibility index (Phi) is 11.2. The Morgan fingerprint density at radius 1 is 0.833 bits per heavy atom. The lowest BCUT2D eigenvalue weighted by molar-refractivity contribution is -0.386. The van der Waals surface area contributed by atoms with Crippen LogP contribution in [0.2, 0.25) is 0 Å². The molecule has 1 aromatic heterocycles. The van der Waals surface area contributed by atoms with Crippen LogP contribution in [0.1, 0.15) is 102 Å². The van der Waals surface area contributed by atoms with E-state index < -0.39 is 0 Å². The number of rotatable bonds is 15. The molecule has 1 rings (SSSR count). The van der Waals surface area contributed by atoms with Crippen LogP contribution in [0, 0.1) is 10.1 Å². The third kappa shape index (κ3) is 7.93. The highest BCUT2D eigenvalue weighted by Crippen LogP contribution is 2.27. The molecule has 1 heterocycles. The molecule has 0 spiro atoms. The van der Waals surface area contributed by atoms with E-state index in [0.717, 1.165) is 38.5 Å². The first-order chi connectivity index (χ1) is 11.7. The van der Waals surface area contributed by atoms with E-state index in [2.05, 4.69) is 19.0 Å². The summed E-state index contributed by atoms with van der Waals surface area (Å²) >= 11 is 0. The van der Waals surface area contributed by atoms with Crippen LogP contribution in [0.4, 0.5) is 5.69 Å². The summed E-state index contributed by atoms with van der Waals surface area (Å²) in [5, 5.41) is 15.3. The molecule has 0 bridgehead atoms. The molecule has 0 radical (unpaired) electrons. The molecule has 0 aliphatic heterocycles. The second kappa shape index (κ2) is 13.0. The van der Waals surface area contributed by atoms with Gasteiger partial charge in [0.1, 0.15) is 0 Å². The van der Waals surface area contributed by atoms with E-state index in [9.17, 15) is 10.1 Å². The summed E-state index contributed by atoms with van der Waals surface area (Å²) in [5.74, 6) is 0.469. The Labute approximate surface area is 146 Å². The van der Waals surface area contributed by atoms with Crippen molar-refractivity contribution in [1.82, 2.24) is 5.16 Å². The van der Waals surface area contributed by atoms with Crippen molar-refractivity contribution in [3.05, 3.63) is 21.6 Å². The second-order valence-corrected chi connectivity index (χ2v) is 6.69. The maximum atomic E-state index is 11.3. The van der Waals surface area contributed by atoms with Crippen molar-refractivity contribution in [2.75, 3.05) is 0 Å². The number of nitro groups is 1. The topological polar surface area (TPSA) is 69.2 Å². The first-order valence-electron chi connectivity index (χ1n) is 9.82. The quantitative estimate of drug-likeness (QED) is 0.211. The molecule has 0 N–H and O–H groups in total. The molecule has 5 nitrogen and oxygen atoms in total. The first-order valence-corrected chi connectivity index (χ1v) is 9.82. The van der Waals surface area contributed by atoms with Crippen molar-refractivity contribution in [3.8, 4) is 0 Å². The summed E-state index contributed by atoms with van der Waals surface area (Å²) < 4.78 is 5.28. The van der Waals surface area contributed by atoms with E-state index in [1.165, 1.54) is 38.5 Å². The predicted molar refractivity (Wildman–Crippen MR) is 97.3 cm³/mol. The van der Waals surface area contributed by atoms with Gasteiger partial charge in [0.05, 0.1) is 4.92 Å². The van der Waals surface area contributed by atoms with E-state index in [-0.39, 0.29) is 10.6 Å². The molecule has 0 fully saturated rings. The van der Waals surface area contributed by atoms with Gasteiger partial charge in [-0.1, -0.05) is 83.2 Å². The molecule has 0 aromatic carbocycles. The molecule has 0 unspecified atom stereocenters. The molecule has 0 saturated carbocycles. The normalized spacial score (nSPS) is 11.1. The lowest BCUT2D eigenvalue weighted by atomic mass is 10.1. The van der Waals surface area contributed by atoms with Crippen molar-refractivity contribution in [2.24, 2.45) is 0 Å². The number of unbranched alkanes of at least 4 members (excludes halogenated alkanes) is 10. The number of nitrogens with zero attached hydrogens (tertiary/aromatic N) is 2. The van der Waals surface area contributed by atoms with Gasteiger partial charge in [-0.15, -0.1) is 0 Å². The number of hydrogen-bond donors (Lipinski definition) is 0. The molecule has 0 aliphatic rings. The lowest BCUT2D eigenvalue weighted by Crippen LogP contribution is -1.97. The zero-order chi connectivity index (χ0) is 17.6. The summed E-state index contributed by atoms with van der Waals surface area (Å²) in [5.41, 5.74) is 0.667. The van der Waals surface area contributed by atoms with E-state index in [4.69, 9.17) is 4.52 Å². The Hall–Kier alpha value is -1.39. The monoisotopic (exact) mass is 338 g/mol. The molecule has 0 amide bonds. The van der Waals surface area contributed by atoms with E-state index in [0.29, 0.717) is 24.3 Å². The van der Waals surface area contributed by atoms with E-state index in [1.54, 1.807) is 0 Å². The molecular weight excluding hydrogens is 304 g/mol. The Morgan fingerprint density at radius 2 is 1.33 bits per heavy atom. The SMILES string of the molecule is CCCCCCCCCCc1onc(CCCCCC)c1[N+](=O)[O-]. The van der Waals surface area contributed by atoms with Crippen LogP contribution in [0.25, 0.3) is 0 Å². The minimum absolute atomic E-state index is 0.134. The minimum atomic E-state index is -0.314. The first kappa shape index (κ1) is 20.7. The van der Waals surface area contributed by atoms with Gasteiger partial charge in [-0.25, -0.2) is 0 Å². The lowest BCUT2D eigenvalue weighted by Gasteiger charge is -2.00. The van der Waals surface area contributed by atoms with Gasteiger partial charge >= 0.3 is 5.69 Å². The molecule has 1 aromatic rings. The average Bonchev–Trinajstić information content (AvgIpc) is 2.97. The molecule has 24 heavy (non-hydrogen) atoms. The van der Waals surface area contributed by atoms with Gasteiger partial charge in [0.15, 0.2) is 5.69 Å². The maximum absolute atomic E-state index is 11.3. The smallest absolute Gasteiger partial charge is 0.334 e. The van der Waals surface area contributed by atoms with Crippen molar-refractivity contribution < 1.29 is 9.45 Å². The van der Waals surface area contributed by atoms with Crippen LogP contribution in [-0.4, -0.2) is 10.1 Å². The highest BCUT2D eigenvalue weighted by atomic mass is 16.6. The van der Waals surface area contributed by atoms with Crippen LogP contribution >= 0.6 is 0 Å². The van der Waals surface area contributed by atoms with Gasteiger partial charge in [0.25, 0.3) is 0 Å². The fraction of sp³-hybridized carbons (Fsp3) is 0.842. The van der Waals surface area contributed by atoms with E-state index >= 15 is 0 Å². The number of aromatic nitrogens is 1. The van der Waals surface area contributed by atoms with Gasteiger partial charge in [-0.05, 0) is 12.8 Å². The fourth-order valence-electron chi connectivity index (χ4n) is 3.03. The van der Waals surface area contributed by atoms with Crippen LogP contribution in [0.15, 0.2) is 4.52 Å². The highest BCUT2D eigenvalue weighted by molar-refractivity contribution is 5.38. The third-order valence-corrected chi connectivity index (χ3v) is 4.51. The van der Waals surface area contributed by atoms with E-state index in [1.807, 2.05) is 0 Å². The molecule has 5 heteroatoms. The van der Waals surface area contributed by atoms with Crippen LogP contribution in [0.5, 0.6) is 0 Å². The van der Waals surface area contributed by atoms with Gasteiger partial charge in [0.2, 0.25) is 5.76 Å². The summed E-state index contributed by atoms with van der Waals surface area (Å²) in [6.07, 6.45) is 15.4. The molecular formula is C19H34N2O3. The number of hydrogen-bond acceptors (Lipinski definition) is 4. The summed E-state index contributed by atoms with van der Waals surface area (Å²) in [4.78, 5) is 11.0. The van der Waals surface area contributed by atoms with Crippen molar-refractivity contribution in [3.63, 3.8) is 0 Å². The van der Waals surface area contributed by atoms with Crippen molar-refractivity contribution >= 4 is 5.69 Å². The standard InChI is InChI=1S/C19H34N2O3/c1-3-5-7-9-10-11-12-14-16-18-19(21(22)23)17(20-24-18)15-13-8-6-4-2/h3-16H2,1-2H3. The third-order valence-electron chi connectivity index (χ3n) is 4.51. The summed E-state index contributed by atoms with van der Waals surface area (Å²) in [6.45, 7) is 4.38. The average molecular weight is 338 g/mol. The summed E-state index contributed by atoms with van der Waals surface area (Å²) in [6, 6.07) is 0. The van der Waals surface area contributed by atoms with Crippen molar-refractivity contribution in [2.45, 2.75) is 104 Å². The van der Waals surface area contributed by atoms with Crippen LogP contribution in [0.3, 0.4) is 0 Å². The molecule has 0 saturated heterocycles. The summed E-state index contributed by atoms with van der Waals surface area (Å²) in [7, 11) is 0. The molecule has 0 atom stereocenters. The Balaban J connectivity index is 2.33. The second-order valence-electron chi connectivity index (χ2n) is 6.69. The highest BCUT2D eigenvalue weighted by Gasteiger charge is 2.25. The zero-order valence-electron chi connectivity index (χ0n) is 15.5. The van der Waals surface area contributed by atoms with Crippen molar-refractivity contribution in [1.29, 1.82) is 0 Å². The van der Waals surface area contributed by atoms with Crippen LogP contribution < -0.4 is 0 Å². The molecule has 138 valence electrons. The predicted octanol–water partition coefficient (Wildman–Crippen LogP) is 6.39. The van der Waals surface area contributed by atoms with Gasteiger partial charge in [0, 0.05) is 12.8 Å². The Morgan fingerprint density at radius 3 is 1.92 bits per heavy atom. The zero-order valence-corrected chi connectivity index (χ0v) is 15.5. The van der Waals surface area contributed by atoms with Gasteiger partial charge < -0.3 is 4.52 Å². The maximum Gasteiger partial charge on any atom is 0.334 e. The minimum Gasteiger partial charge on any atom is -0.354 e. The van der Waals surface area contributed by atoms with Gasteiger partial charge in [-0.3, -0.25) is 10.1 Å². The Bertz CT molecular complexity index is 457. The van der Waals surface area contributed by atoms with Crippen LogP contribution in [-0.2, 0) is 12.8 Å². The largest absolute Gasteiger partial charge is 0.354 e. The number of aryl methyl sites for hydroxylation is 2. The molecule has 0 aliphatic carbocycles.